The van der Waals surface area contributed by atoms with Gasteiger partial charge in [0.2, 0.25) is 0 Å². The van der Waals surface area contributed by atoms with Gasteiger partial charge in [0.15, 0.2) is 0 Å². The molecule has 5 heteroatoms. The lowest BCUT2D eigenvalue weighted by molar-refractivity contribution is 0.631. The smallest absolute Gasteiger partial charge is 0.133 e. The molecule has 1 fully saturated rings. The molecule has 0 amide bonds. The summed E-state index contributed by atoms with van der Waals surface area (Å²) >= 11 is 7.57. The van der Waals surface area contributed by atoms with Crippen LogP contribution in [-0.4, -0.2) is 11.5 Å². The maximum absolute atomic E-state index is 14.0. The van der Waals surface area contributed by atoms with Crippen molar-refractivity contribution in [2.24, 2.45) is 0 Å². The highest BCUT2D eigenvalue weighted by atomic mass is 35.5. The summed E-state index contributed by atoms with van der Waals surface area (Å²) in [6.45, 7) is 3.95. The van der Waals surface area contributed by atoms with Crippen LogP contribution in [0.25, 0.3) is 10.6 Å². The maximum atomic E-state index is 14.0. The number of aromatic nitrogens is 1. The zero-order valence-electron chi connectivity index (χ0n) is 12.0. The zero-order valence-corrected chi connectivity index (χ0v) is 13.5. The Kier molecular flexibility index (Phi) is 4.57. The largest absolute Gasteiger partial charge is 0.312 e. The van der Waals surface area contributed by atoms with Gasteiger partial charge in [-0.05, 0) is 44.0 Å². The van der Waals surface area contributed by atoms with Crippen molar-refractivity contribution >= 4 is 22.9 Å². The average Bonchev–Trinajstić information content (AvgIpc) is 3.23. The van der Waals surface area contributed by atoms with Gasteiger partial charge in [-0.2, -0.15) is 0 Å². The normalized spacial score (nSPS) is 14.6. The zero-order chi connectivity index (χ0) is 14.8. The molecule has 1 N–H and O–H groups in total. The highest BCUT2D eigenvalue weighted by Gasteiger charge is 2.30. The average molecular weight is 325 g/mol. The predicted octanol–water partition coefficient (Wildman–Crippen LogP) is 4.98. The number of hydrogen-bond donors (Lipinski definition) is 1. The Bertz CT molecular complexity index is 637. The fourth-order valence-electron chi connectivity index (χ4n) is 2.32. The molecule has 2 nitrogen and oxygen atoms in total. The van der Waals surface area contributed by atoms with Gasteiger partial charge in [0, 0.05) is 27.9 Å². The Morgan fingerprint density at radius 3 is 2.95 bits per heavy atom. The summed E-state index contributed by atoms with van der Waals surface area (Å²) in [6, 6.07) is 4.64. The van der Waals surface area contributed by atoms with Crippen molar-refractivity contribution in [3.8, 4) is 10.6 Å². The summed E-state index contributed by atoms with van der Waals surface area (Å²) in [5, 5.41) is 4.70. The molecular weight excluding hydrogens is 307 g/mol. The first-order valence-corrected chi connectivity index (χ1v) is 8.54. The van der Waals surface area contributed by atoms with Crippen molar-refractivity contribution in [3.63, 3.8) is 0 Å². The molecule has 0 saturated heterocycles. The van der Waals surface area contributed by atoms with Crippen molar-refractivity contribution in [1.29, 1.82) is 0 Å². The van der Waals surface area contributed by atoms with Crippen molar-refractivity contribution in [3.05, 3.63) is 39.6 Å². The molecule has 1 aliphatic carbocycles. The van der Waals surface area contributed by atoms with Crippen LogP contribution in [-0.2, 0) is 6.54 Å². The van der Waals surface area contributed by atoms with Crippen molar-refractivity contribution in [2.45, 2.75) is 38.6 Å². The van der Waals surface area contributed by atoms with E-state index in [9.17, 15) is 4.39 Å². The molecule has 1 aromatic heterocycles. The fourth-order valence-corrected chi connectivity index (χ4v) is 3.63. The molecule has 0 aliphatic heterocycles. The molecule has 0 spiro atoms. The van der Waals surface area contributed by atoms with Gasteiger partial charge in [-0.15, -0.1) is 11.3 Å². The third-order valence-electron chi connectivity index (χ3n) is 3.56. The number of nitrogens with zero attached hydrogens (tertiary/aromatic N) is 1. The van der Waals surface area contributed by atoms with Gasteiger partial charge in [-0.25, -0.2) is 9.37 Å². The minimum atomic E-state index is -0.261. The first-order valence-electron chi connectivity index (χ1n) is 7.34. The maximum Gasteiger partial charge on any atom is 0.133 e. The molecule has 0 radical (unpaired) electrons. The third kappa shape index (κ3) is 3.44. The highest BCUT2D eigenvalue weighted by Crippen LogP contribution is 2.44. The minimum absolute atomic E-state index is 0.261. The van der Waals surface area contributed by atoms with E-state index in [0.29, 0.717) is 16.5 Å². The predicted molar refractivity (Wildman–Crippen MR) is 86.5 cm³/mol. The Morgan fingerprint density at radius 2 is 2.24 bits per heavy atom. The van der Waals surface area contributed by atoms with E-state index >= 15 is 0 Å². The summed E-state index contributed by atoms with van der Waals surface area (Å²) in [4.78, 5) is 5.94. The molecule has 1 heterocycles. The second-order valence-corrected chi connectivity index (χ2v) is 6.92. The number of halogens is 2. The molecule has 0 bridgehead atoms. The van der Waals surface area contributed by atoms with E-state index in [1.54, 1.807) is 23.5 Å². The third-order valence-corrected chi connectivity index (χ3v) is 4.90. The van der Waals surface area contributed by atoms with Crippen LogP contribution in [0, 0.1) is 5.82 Å². The number of benzene rings is 1. The summed E-state index contributed by atoms with van der Waals surface area (Å²) in [5.74, 6) is 0.305. The molecule has 21 heavy (non-hydrogen) atoms. The van der Waals surface area contributed by atoms with Crippen LogP contribution in [0.1, 0.15) is 42.7 Å². The quantitative estimate of drug-likeness (QED) is 0.758. The lowest BCUT2D eigenvalue weighted by Crippen LogP contribution is -2.13. The Balaban J connectivity index is 1.92. The van der Waals surface area contributed by atoms with Gasteiger partial charge in [0.05, 0.1) is 5.69 Å². The highest BCUT2D eigenvalue weighted by molar-refractivity contribution is 7.15. The molecule has 1 aromatic carbocycles. The fraction of sp³-hybridized carbons (Fsp3) is 0.438. The number of hydrogen-bond acceptors (Lipinski definition) is 3. The SMILES string of the molecule is CCCNCc1sc(-c2cc(Cl)ccc2F)nc1C1CC1. The summed E-state index contributed by atoms with van der Waals surface area (Å²) in [5.41, 5.74) is 1.66. The molecule has 112 valence electrons. The van der Waals surface area contributed by atoms with Gasteiger partial charge in [0.25, 0.3) is 0 Å². The van der Waals surface area contributed by atoms with E-state index in [1.165, 1.54) is 23.8 Å². The molecule has 1 saturated carbocycles. The van der Waals surface area contributed by atoms with Gasteiger partial charge in [-0.3, -0.25) is 0 Å². The van der Waals surface area contributed by atoms with Crippen molar-refractivity contribution in [2.75, 3.05) is 6.54 Å². The van der Waals surface area contributed by atoms with Gasteiger partial charge < -0.3 is 5.32 Å². The molecule has 0 unspecified atom stereocenters. The van der Waals surface area contributed by atoms with E-state index in [-0.39, 0.29) is 5.82 Å². The number of thiazole rings is 1. The lowest BCUT2D eigenvalue weighted by atomic mass is 10.2. The Hall–Kier alpha value is -0.970. The van der Waals surface area contributed by atoms with E-state index in [2.05, 4.69) is 12.2 Å². The molecular formula is C16H18ClFN2S. The minimum Gasteiger partial charge on any atom is -0.312 e. The van der Waals surface area contributed by atoms with E-state index in [0.717, 1.165) is 30.2 Å². The van der Waals surface area contributed by atoms with E-state index in [1.807, 2.05) is 0 Å². The summed E-state index contributed by atoms with van der Waals surface area (Å²) in [6.07, 6.45) is 3.50. The Morgan fingerprint density at radius 1 is 1.43 bits per heavy atom. The van der Waals surface area contributed by atoms with Gasteiger partial charge in [0.1, 0.15) is 10.8 Å². The van der Waals surface area contributed by atoms with Crippen LogP contribution in [0.4, 0.5) is 4.39 Å². The second-order valence-electron chi connectivity index (χ2n) is 5.40. The van der Waals surface area contributed by atoms with Crippen LogP contribution in [0.2, 0.25) is 5.02 Å². The van der Waals surface area contributed by atoms with Gasteiger partial charge in [-0.1, -0.05) is 18.5 Å². The summed E-state index contributed by atoms with van der Waals surface area (Å²) in [7, 11) is 0. The number of rotatable bonds is 6. The van der Waals surface area contributed by atoms with Crippen LogP contribution in [0.15, 0.2) is 18.2 Å². The first-order chi connectivity index (χ1) is 10.2. The summed E-state index contributed by atoms with van der Waals surface area (Å²) < 4.78 is 14.0. The Labute approximate surface area is 133 Å². The molecule has 1 aliphatic rings. The topological polar surface area (TPSA) is 24.9 Å². The monoisotopic (exact) mass is 324 g/mol. The van der Waals surface area contributed by atoms with Crippen LogP contribution < -0.4 is 5.32 Å². The van der Waals surface area contributed by atoms with Crippen molar-refractivity contribution in [1.82, 2.24) is 10.3 Å². The first kappa shape index (κ1) is 14.9. The van der Waals surface area contributed by atoms with E-state index in [4.69, 9.17) is 16.6 Å². The molecule has 0 atom stereocenters. The van der Waals surface area contributed by atoms with Crippen molar-refractivity contribution < 1.29 is 4.39 Å². The van der Waals surface area contributed by atoms with Crippen LogP contribution in [0.3, 0.4) is 0 Å². The molecule has 2 aromatic rings. The van der Waals surface area contributed by atoms with Crippen LogP contribution >= 0.6 is 22.9 Å². The van der Waals surface area contributed by atoms with Gasteiger partial charge >= 0.3 is 0 Å². The standard InChI is InChI=1S/C16H18ClFN2S/c1-2-7-19-9-14-15(10-3-4-10)20-16(21-14)12-8-11(17)5-6-13(12)18/h5-6,8,10,19H,2-4,7,9H2,1H3. The number of nitrogens with one attached hydrogen (secondary N) is 1. The molecule has 3 rings (SSSR count). The van der Waals surface area contributed by atoms with Crippen LogP contribution in [0.5, 0.6) is 0 Å². The second kappa shape index (κ2) is 6.42. The lowest BCUT2D eigenvalue weighted by Gasteiger charge is -2.01. The van der Waals surface area contributed by atoms with E-state index < -0.39 is 0 Å².